The minimum absolute atomic E-state index is 0.467. The fourth-order valence-electron chi connectivity index (χ4n) is 1.97. The highest BCUT2D eigenvalue weighted by molar-refractivity contribution is 7.13. The van der Waals surface area contributed by atoms with Crippen LogP contribution in [-0.4, -0.2) is 25.4 Å². The Morgan fingerprint density at radius 1 is 1.29 bits per heavy atom. The van der Waals surface area contributed by atoms with Gasteiger partial charge in [0.25, 0.3) is 3.79 Å². The molecule has 2 heterocycles. The fourth-order valence-corrected chi connectivity index (χ4v) is 2.63. The molecule has 7 heteroatoms. The van der Waals surface area contributed by atoms with Crippen molar-refractivity contribution in [1.82, 2.24) is 9.24 Å². The fraction of sp³-hybridized carbons (Fsp3) is 0.500. The van der Waals surface area contributed by atoms with E-state index in [0.29, 0.717) is 5.69 Å². The number of Topliss-reactive ketones (excluding diaryl/α,β-unsaturated/α-hetero) is 1. The molecule has 1 atom stereocenters. The van der Waals surface area contributed by atoms with Gasteiger partial charge >= 0.3 is 0 Å². The van der Waals surface area contributed by atoms with E-state index in [2.05, 4.69) is 14.1 Å². The number of ketones is 1. The standard InChI is InChI=1S/C10H12Cl3N2OP/c11-10(12,13)9(16)8-3-2-7-6-14(17)4-1-5-15(7)8/h2-3H,1,4-6,17H2. The van der Waals surface area contributed by atoms with Gasteiger partial charge < -0.3 is 4.57 Å². The van der Waals surface area contributed by atoms with E-state index in [0.717, 1.165) is 31.7 Å². The molecule has 0 bridgehead atoms. The maximum atomic E-state index is 12.0. The van der Waals surface area contributed by atoms with Crippen molar-refractivity contribution in [3.8, 4) is 0 Å². The number of rotatable bonds is 1. The van der Waals surface area contributed by atoms with Crippen LogP contribution in [0.25, 0.3) is 0 Å². The van der Waals surface area contributed by atoms with Crippen LogP contribution in [0.5, 0.6) is 0 Å². The lowest BCUT2D eigenvalue weighted by Crippen LogP contribution is -2.23. The van der Waals surface area contributed by atoms with Gasteiger partial charge in [-0.25, -0.2) is 0 Å². The van der Waals surface area contributed by atoms with Gasteiger partial charge in [0.05, 0.1) is 5.69 Å². The third kappa shape index (κ3) is 2.97. The van der Waals surface area contributed by atoms with Crippen LogP contribution >= 0.6 is 44.2 Å². The van der Waals surface area contributed by atoms with Gasteiger partial charge in [-0.3, -0.25) is 9.46 Å². The second-order valence-electron chi connectivity index (χ2n) is 4.01. The Labute approximate surface area is 117 Å². The van der Waals surface area contributed by atoms with Crippen molar-refractivity contribution in [2.75, 3.05) is 6.54 Å². The van der Waals surface area contributed by atoms with Crippen LogP contribution in [0.3, 0.4) is 0 Å². The van der Waals surface area contributed by atoms with Gasteiger partial charge in [0.1, 0.15) is 0 Å². The van der Waals surface area contributed by atoms with Crippen molar-refractivity contribution in [3.05, 3.63) is 23.5 Å². The molecule has 0 fully saturated rings. The molecule has 1 aromatic heterocycles. The van der Waals surface area contributed by atoms with Crippen molar-refractivity contribution in [3.63, 3.8) is 0 Å². The predicted molar refractivity (Wildman–Crippen MR) is 73.8 cm³/mol. The van der Waals surface area contributed by atoms with Crippen LogP contribution in [0.1, 0.15) is 22.6 Å². The molecule has 1 aromatic rings. The van der Waals surface area contributed by atoms with E-state index in [9.17, 15) is 4.79 Å². The average molecular weight is 314 g/mol. The second-order valence-corrected chi connectivity index (χ2v) is 7.02. The molecule has 1 aliphatic rings. The number of aromatic nitrogens is 1. The number of nitrogens with zero attached hydrogens (tertiary/aromatic N) is 2. The first-order chi connectivity index (χ1) is 7.89. The van der Waals surface area contributed by atoms with E-state index in [1.807, 2.05) is 10.6 Å². The van der Waals surface area contributed by atoms with E-state index in [1.54, 1.807) is 6.07 Å². The molecule has 0 amide bonds. The van der Waals surface area contributed by atoms with Gasteiger partial charge in [0.2, 0.25) is 5.78 Å². The highest BCUT2D eigenvalue weighted by Gasteiger charge is 2.34. The van der Waals surface area contributed by atoms with Crippen LogP contribution in [-0.2, 0) is 13.1 Å². The average Bonchev–Trinajstić information content (AvgIpc) is 2.50. The smallest absolute Gasteiger partial charge is 0.255 e. The Morgan fingerprint density at radius 3 is 2.65 bits per heavy atom. The number of carbonyl (C=O) groups is 1. The largest absolute Gasteiger partial charge is 0.341 e. The number of hydrogen-bond donors (Lipinski definition) is 0. The van der Waals surface area contributed by atoms with E-state index in [1.165, 1.54) is 0 Å². The summed E-state index contributed by atoms with van der Waals surface area (Å²) >= 11 is 16.9. The maximum Gasteiger partial charge on any atom is 0.255 e. The second kappa shape index (κ2) is 5.07. The van der Waals surface area contributed by atoms with Crippen LogP contribution in [0.4, 0.5) is 0 Å². The van der Waals surface area contributed by atoms with Crippen molar-refractivity contribution in [2.24, 2.45) is 0 Å². The third-order valence-electron chi connectivity index (χ3n) is 2.75. The minimum Gasteiger partial charge on any atom is -0.341 e. The monoisotopic (exact) mass is 312 g/mol. The SMILES string of the molecule is O=C(c1ccc2n1CCCN(P)C2)C(Cl)(Cl)Cl. The molecule has 1 aliphatic heterocycles. The molecule has 0 N–H and O–H groups in total. The Morgan fingerprint density at radius 2 is 2.00 bits per heavy atom. The number of hydrogen-bond acceptors (Lipinski definition) is 2. The molecule has 0 radical (unpaired) electrons. The lowest BCUT2D eigenvalue weighted by atomic mass is 10.3. The summed E-state index contributed by atoms with van der Waals surface area (Å²) in [5, 5.41) is 0. The minimum atomic E-state index is -1.89. The lowest BCUT2D eigenvalue weighted by molar-refractivity contribution is 0.0987. The lowest BCUT2D eigenvalue weighted by Gasteiger charge is -2.13. The van der Waals surface area contributed by atoms with Gasteiger partial charge in [0.15, 0.2) is 0 Å². The summed E-state index contributed by atoms with van der Waals surface area (Å²) in [5.74, 6) is -0.467. The Balaban J connectivity index is 2.36. The van der Waals surface area contributed by atoms with E-state index < -0.39 is 9.58 Å². The third-order valence-corrected chi connectivity index (χ3v) is 3.71. The Kier molecular flexibility index (Phi) is 4.06. The molecular formula is C10H12Cl3N2OP. The molecule has 1 unspecified atom stereocenters. The zero-order chi connectivity index (χ0) is 12.6. The molecule has 0 aliphatic carbocycles. The molecule has 0 saturated heterocycles. The van der Waals surface area contributed by atoms with E-state index in [4.69, 9.17) is 34.8 Å². The molecular weight excluding hydrogens is 301 g/mol. The Hall–Kier alpha value is 0.210. The normalized spacial score (nSPS) is 17.6. The van der Waals surface area contributed by atoms with Crippen LogP contribution in [0.15, 0.2) is 12.1 Å². The van der Waals surface area contributed by atoms with Crippen LogP contribution < -0.4 is 0 Å². The molecule has 0 spiro atoms. The summed E-state index contributed by atoms with van der Waals surface area (Å²) in [6.07, 6.45) is 0.964. The van der Waals surface area contributed by atoms with Crippen LogP contribution in [0, 0.1) is 0 Å². The summed E-state index contributed by atoms with van der Waals surface area (Å²) < 4.78 is 2.18. The molecule has 94 valence electrons. The zero-order valence-electron chi connectivity index (χ0n) is 9.00. The zero-order valence-corrected chi connectivity index (χ0v) is 12.4. The molecule has 0 aromatic carbocycles. The van der Waals surface area contributed by atoms with Gasteiger partial charge in [-0.2, -0.15) is 0 Å². The first kappa shape index (κ1) is 13.6. The highest BCUT2D eigenvalue weighted by Crippen LogP contribution is 2.32. The summed E-state index contributed by atoms with van der Waals surface area (Å²) in [7, 11) is 2.68. The molecule has 2 rings (SSSR count). The van der Waals surface area contributed by atoms with Crippen molar-refractivity contribution in [1.29, 1.82) is 0 Å². The maximum absolute atomic E-state index is 12.0. The topological polar surface area (TPSA) is 25.2 Å². The van der Waals surface area contributed by atoms with Gasteiger partial charge in [-0.15, -0.1) is 0 Å². The molecule has 3 nitrogen and oxygen atoms in total. The first-order valence-corrected chi connectivity index (χ1v) is 6.84. The number of fused-ring (bicyclic) bond motifs is 1. The van der Waals surface area contributed by atoms with Gasteiger partial charge in [0, 0.05) is 25.3 Å². The molecule has 17 heavy (non-hydrogen) atoms. The van der Waals surface area contributed by atoms with Crippen molar-refractivity contribution >= 4 is 50.0 Å². The summed E-state index contributed by atoms with van der Waals surface area (Å²) in [5.41, 5.74) is 1.54. The summed E-state index contributed by atoms with van der Waals surface area (Å²) in [6.45, 7) is 2.51. The van der Waals surface area contributed by atoms with E-state index in [-0.39, 0.29) is 0 Å². The summed E-state index contributed by atoms with van der Waals surface area (Å²) in [4.78, 5) is 12.0. The number of alkyl halides is 3. The summed E-state index contributed by atoms with van der Waals surface area (Å²) in [6, 6.07) is 3.63. The molecule has 0 saturated carbocycles. The predicted octanol–water partition coefficient (Wildman–Crippen LogP) is 3.04. The first-order valence-electron chi connectivity index (χ1n) is 5.19. The quantitative estimate of drug-likeness (QED) is 0.452. The van der Waals surface area contributed by atoms with Crippen LogP contribution in [0.2, 0.25) is 0 Å². The number of halogens is 3. The number of carbonyl (C=O) groups excluding carboxylic acids is 1. The van der Waals surface area contributed by atoms with E-state index >= 15 is 0 Å². The van der Waals surface area contributed by atoms with Gasteiger partial charge in [-0.05, 0) is 18.6 Å². The Bertz CT molecular complexity index is 441. The van der Waals surface area contributed by atoms with Gasteiger partial charge in [-0.1, -0.05) is 44.2 Å². The van der Waals surface area contributed by atoms with Crippen molar-refractivity contribution in [2.45, 2.75) is 23.3 Å². The van der Waals surface area contributed by atoms with Crippen molar-refractivity contribution < 1.29 is 4.79 Å². The highest BCUT2D eigenvalue weighted by atomic mass is 35.6.